The number of carbonyl (C=O) groups excluding carboxylic acids is 1. The summed E-state index contributed by atoms with van der Waals surface area (Å²) in [5, 5.41) is 14.3. The third kappa shape index (κ3) is 6.19. The Morgan fingerprint density at radius 3 is 2.72 bits per heavy atom. The fraction of sp³-hybridized carbons (Fsp3) is 0.136. The number of nitrogens with one attached hydrogen (secondary N) is 1. The largest absolute Gasteiger partial charge is 0.487 e. The maximum atomic E-state index is 12.2. The Labute approximate surface area is 173 Å². The molecule has 3 aromatic rings. The van der Waals surface area contributed by atoms with E-state index in [-0.39, 0.29) is 12.5 Å². The summed E-state index contributed by atoms with van der Waals surface area (Å²) >= 11 is 1.58. The summed E-state index contributed by atoms with van der Waals surface area (Å²) < 4.78 is 11.0. The number of rotatable bonds is 8. The Hall–Kier alpha value is -3.63. The number of aryl methyl sites for hydroxylation is 1. The van der Waals surface area contributed by atoms with Crippen LogP contribution in [0.25, 0.3) is 6.08 Å². The molecule has 1 amide bonds. The predicted molar refractivity (Wildman–Crippen MR) is 113 cm³/mol. The van der Waals surface area contributed by atoms with Crippen LogP contribution in [0.4, 0.5) is 5.69 Å². The summed E-state index contributed by atoms with van der Waals surface area (Å²) in [6.45, 7) is 2.32. The second-order valence-electron chi connectivity index (χ2n) is 5.98. The van der Waals surface area contributed by atoms with Crippen LogP contribution in [0.2, 0.25) is 0 Å². The number of anilines is 1. The first-order valence-electron chi connectivity index (χ1n) is 8.86. The maximum absolute atomic E-state index is 12.2. The lowest BCUT2D eigenvalue weighted by Crippen LogP contribution is -2.07. The van der Waals surface area contributed by atoms with Crippen molar-refractivity contribution >= 4 is 29.0 Å². The number of nitriles is 1. The highest BCUT2D eigenvalue weighted by atomic mass is 32.1. The molecule has 0 fully saturated rings. The molecule has 6 nitrogen and oxygen atoms in total. The van der Waals surface area contributed by atoms with E-state index in [0.717, 1.165) is 16.3 Å². The van der Waals surface area contributed by atoms with Crippen LogP contribution in [0.1, 0.15) is 16.3 Å². The number of aromatic nitrogens is 1. The summed E-state index contributed by atoms with van der Waals surface area (Å²) in [6.07, 6.45) is 3.16. The monoisotopic (exact) mass is 405 g/mol. The van der Waals surface area contributed by atoms with Crippen molar-refractivity contribution in [2.45, 2.75) is 13.5 Å². The van der Waals surface area contributed by atoms with Crippen LogP contribution in [-0.2, 0) is 11.4 Å². The highest BCUT2D eigenvalue weighted by Crippen LogP contribution is 2.21. The molecule has 2 aromatic carbocycles. The van der Waals surface area contributed by atoms with E-state index >= 15 is 0 Å². The van der Waals surface area contributed by atoms with Crippen LogP contribution in [0.3, 0.4) is 0 Å². The van der Waals surface area contributed by atoms with Gasteiger partial charge in [-0.25, -0.2) is 4.98 Å². The zero-order valence-electron chi connectivity index (χ0n) is 15.8. The minimum Gasteiger partial charge on any atom is -0.487 e. The average Bonchev–Trinajstić information content (AvgIpc) is 3.16. The molecule has 3 rings (SSSR count). The SMILES string of the molecule is Cc1nc(COc2ccccc2/C=C/C(=O)Nc2ccc(OCC#N)cc2)cs1. The highest BCUT2D eigenvalue weighted by Gasteiger charge is 2.04. The van der Waals surface area contributed by atoms with Gasteiger partial charge in [0.2, 0.25) is 5.91 Å². The van der Waals surface area contributed by atoms with E-state index < -0.39 is 0 Å². The predicted octanol–water partition coefficient (Wildman–Crippen LogP) is 4.58. The number of nitrogens with zero attached hydrogens (tertiary/aromatic N) is 2. The fourth-order valence-corrected chi connectivity index (χ4v) is 3.07. The zero-order valence-corrected chi connectivity index (χ0v) is 16.6. The minimum atomic E-state index is -0.263. The molecule has 1 aromatic heterocycles. The normalized spacial score (nSPS) is 10.5. The van der Waals surface area contributed by atoms with Crippen LogP contribution < -0.4 is 14.8 Å². The first-order chi connectivity index (χ1) is 14.1. The average molecular weight is 405 g/mol. The van der Waals surface area contributed by atoms with Crippen LogP contribution in [0, 0.1) is 18.3 Å². The molecule has 0 saturated heterocycles. The number of amides is 1. The molecule has 7 heteroatoms. The summed E-state index contributed by atoms with van der Waals surface area (Å²) in [7, 11) is 0. The van der Waals surface area contributed by atoms with Crippen LogP contribution in [-0.4, -0.2) is 17.5 Å². The molecule has 146 valence electrons. The van der Waals surface area contributed by atoms with Gasteiger partial charge in [0, 0.05) is 22.7 Å². The number of carbonyl (C=O) groups is 1. The molecule has 0 radical (unpaired) electrons. The van der Waals surface area contributed by atoms with E-state index in [0.29, 0.717) is 23.8 Å². The lowest BCUT2D eigenvalue weighted by Gasteiger charge is -2.08. The van der Waals surface area contributed by atoms with E-state index in [1.807, 2.05) is 42.6 Å². The van der Waals surface area contributed by atoms with Gasteiger partial charge in [0.15, 0.2) is 6.61 Å². The van der Waals surface area contributed by atoms with Crippen molar-refractivity contribution in [3.8, 4) is 17.6 Å². The van der Waals surface area contributed by atoms with Gasteiger partial charge in [-0.15, -0.1) is 11.3 Å². The first kappa shape index (κ1) is 20.1. The third-order valence-corrected chi connectivity index (χ3v) is 4.62. The number of para-hydroxylation sites is 1. The molecule has 0 aliphatic carbocycles. The van der Waals surface area contributed by atoms with Crippen LogP contribution in [0.5, 0.6) is 11.5 Å². The summed E-state index contributed by atoms with van der Waals surface area (Å²) in [6, 6.07) is 16.2. The molecule has 0 spiro atoms. The van der Waals surface area contributed by atoms with Crippen molar-refractivity contribution in [1.82, 2.24) is 4.98 Å². The van der Waals surface area contributed by atoms with E-state index in [1.165, 1.54) is 6.08 Å². The molecule has 0 aliphatic heterocycles. The molecular formula is C22H19N3O3S. The molecule has 0 bridgehead atoms. The smallest absolute Gasteiger partial charge is 0.248 e. The van der Waals surface area contributed by atoms with Gasteiger partial charge in [0.25, 0.3) is 0 Å². The molecule has 0 atom stereocenters. The van der Waals surface area contributed by atoms with Gasteiger partial charge >= 0.3 is 0 Å². The van der Waals surface area contributed by atoms with Crippen molar-refractivity contribution < 1.29 is 14.3 Å². The van der Waals surface area contributed by atoms with E-state index in [4.69, 9.17) is 14.7 Å². The lowest BCUT2D eigenvalue weighted by atomic mass is 10.2. The molecule has 1 heterocycles. The van der Waals surface area contributed by atoms with Gasteiger partial charge in [0.05, 0.1) is 10.7 Å². The van der Waals surface area contributed by atoms with Crippen LogP contribution in [0.15, 0.2) is 60.0 Å². The van der Waals surface area contributed by atoms with Gasteiger partial charge in [-0.05, 0) is 43.3 Å². The van der Waals surface area contributed by atoms with Crippen molar-refractivity contribution in [3.05, 3.63) is 76.3 Å². The Bertz CT molecular complexity index is 1040. The topological polar surface area (TPSA) is 84.2 Å². The molecule has 0 aliphatic rings. The molecule has 29 heavy (non-hydrogen) atoms. The number of ether oxygens (including phenoxy) is 2. The van der Waals surface area contributed by atoms with Crippen molar-refractivity contribution in [2.24, 2.45) is 0 Å². The standard InChI is InChI=1S/C22H19N3O3S/c1-16-24-19(15-29-16)14-28-21-5-3-2-4-17(21)6-11-22(26)25-18-7-9-20(10-8-18)27-13-12-23/h2-11,15H,13-14H2,1H3,(H,25,26)/b11-6+. The minimum absolute atomic E-state index is 0.0159. The van der Waals surface area contributed by atoms with Crippen molar-refractivity contribution in [2.75, 3.05) is 11.9 Å². The third-order valence-electron chi connectivity index (χ3n) is 3.80. The van der Waals surface area contributed by atoms with Gasteiger partial charge in [-0.3, -0.25) is 4.79 Å². The first-order valence-corrected chi connectivity index (χ1v) is 9.74. The lowest BCUT2D eigenvalue weighted by molar-refractivity contribution is -0.111. The second kappa shape index (κ2) is 10.1. The van der Waals surface area contributed by atoms with E-state index in [2.05, 4.69) is 10.3 Å². The van der Waals surface area contributed by atoms with E-state index in [9.17, 15) is 4.79 Å². The highest BCUT2D eigenvalue weighted by molar-refractivity contribution is 7.09. The molecule has 1 N–H and O–H groups in total. The zero-order chi connectivity index (χ0) is 20.5. The fourth-order valence-electron chi connectivity index (χ4n) is 2.48. The number of benzene rings is 2. The molecule has 0 saturated carbocycles. The van der Waals surface area contributed by atoms with E-state index in [1.54, 1.807) is 41.7 Å². The Morgan fingerprint density at radius 1 is 1.21 bits per heavy atom. The van der Waals surface area contributed by atoms with Gasteiger partial charge in [0.1, 0.15) is 24.2 Å². The summed E-state index contributed by atoms with van der Waals surface area (Å²) in [5.41, 5.74) is 2.31. The summed E-state index contributed by atoms with van der Waals surface area (Å²) in [4.78, 5) is 16.6. The van der Waals surface area contributed by atoms with Gasteiger partial charge in [-0.1, -0.05) is 18.2 Å². The van der Waals surface area contributed by atoms with Gasteiger partial charge in [-0.2, -0.15) is 5.26 Å². The van der Waals surface area contributed by atoms with Gasteiger partial charge < -0.3 is 14.8 Å². The molecule has 0 unspecified atom stereocenters. The van der Waals surface area contributed by atoms with Crippen LogP contribution >= 0.6 is 11.3 Å². The Balaban J connectivity index is 1.59. The van der Waals surface area contributed by atoms with Crippen molar-refractivity contribution in [1.29, 1.82) is 5.26 Å². The molecular weight excluding hydrogens is 386 g/mol. The van der Waals surface area contributed by atoms with Crippen molar-refractivity contribution in [3.63, 3.8) is 0 Å². The maximum Gasteiger partial charge on any atom is 0.248 e. The quantitative estimate of drug-likeness (QED) is 0.554. The number of hydrogen-bond acceptors (Lipinski definition) is 6. The Kier molecular flexibility index (Phi) is 6.98. The number of hydrogen-bond donors (Lipinski definition) is 1. The second-order valence-corrected chi connectivity index (χ2v) is 7.04. The number of thiazole rings is 1. The Morgan fingerprint density at radius 2 is 2.00 bits per heavy atom. The summed E-state index contributed by atoms with van der Waals surface area (Å²) in [5.74, 6) is 0.989.